The number of hydrogen-bond acceptors (Lipinski definition) is 5. The summed E-state index contributed by atoms with van der Waals surface area (Å²) in [5.74, 6) is 1.38. The Kier molecular flexibility index (Phi) is 7.35. The number of hydrogen-bond donors (Lipinski definition) is 2. The van der Waals surface area contributed by atoms with Crippen LogP contribution < -0.4 is 20.1 Å². The third kappa shape index (κ3) is 6.76. The van der Waals surface area contributed by atoms with Crippen molar-refractivity contribution in [3.63, 3.8) is 0 Å². The molecule has 0 bridgehead atoms. The minimum absolute atomic E-state index is 0.0193. The fourth-order valence-electron chi connectivity index (χ4n) is 1.87. The van der Waals surface area contributed by atoms with Gasteiger partial charge in [0.1, 0.15) is 12.1 Å². The first-order valence-corrected chi connectivity index (χ1v) is 7.79. The van der Waals surface area contributed by atoms with E-state index >= 15 is 0 Å². The van der Waals surface area contributed by atoms with Crippen molar-refractivity contribution in [3.05, 3.63) is 18.2 Å². The first kappa shape index (κ1) is 19.6. The number of benzene rings is 1. The Labute approximate surface area is 143 Å². The highest BCUT2D eigenvalue weighted by atomic mass is 16.6. The second-order valence-electron chi connectivity index (χ2n) is 5.94. The van der Waals surface area contributed by atoms with Crippen LogP contribution in [0.5, 0.6) is 11.5 Å². The molecule has 7 nitrogen and oxygen atoms in total. The monoisotopic (exact) mass is 337 g/mol. The highest BCUT2D eigenvalue weighted by Gasteiger charge is 2.16. The lowest BCUT2D eigenvalue weighted by Crippen LogP contribution is -2.37. The number of aliphatic imine (C=N–C) groups is 1. The number of methoxy groups -OCH3 is 1. The molecule has 0 atom stereocenters. The maximum absolute atomic E-state index is 11.8. The number of guanidine groups is 1. The van der Waals surface area contributed by atoms with Gasteiger partial charge in [0.2, 0.25) is 0 Å². The molecule has 1 aromatic rings. The molecular formula is C17H27N3O4. The Balaban J connectivity index is 2.69. The second kappa shape index (κ2) is 9.00. The summed E-state index contributed by atoms with van der Waals surface area (Å²) in [5, 5.41) is 6.01. The SMILES string of the molecule is CCOc1cc(NC(=NC)NCC(=O)OC(C)(C)C)ccc1OC. The molecule has 0 saturated carbocycles. The molecule has 0 amide bonds. The summed E-state index contributed by atoms with van der Waals surface area (Å²) in [6.07, 6.45) is 0. The van der Waals surface area contributed by atoms with Crippen molar-refractivity contribution >= 4 is 17.6 Å². The molecule has 0 aliphatic rings. The number of rotatable bonds is 6. The average molecular weight is 337 g/mol. The van der Waals surface area contributed by atoms with Crippen molar-refractivity contribution in [1.82, 2.24) is 5.32 Å². The van der Waals surface area contributed by atoms with E-state index < -0.39 is 5.60 Å². The fraction of sp³-hybridized carbons (Fsp3) is 0.529. The van der Waals surface area contributed by atoms with E-state index in [0.29, 0.717) is 24.1 Å². The van der Waals surface area contributed by atoms with E-state index in [1.165, 1.54) is 0 Å². The van der Waals surface area contributed by atoms with Crippen LogP contribution in [0.25, 0.3) is 0 Å². The van der Waals surface area contributed by atoms with Gasteiger partial charge < -0.3 is 24.8 Å². The van der Waals surface area contributed by atoms with Crippen LogP contribution in [-0.4, -0.2) is 44.8 Å². The summed E-state index contributed by atoms with van der Waals surface area (Å²) >= 11 is 0. The quantitative estimate of drug-likeness (QED) is 0.471. The van der Waals surface area contributed by atoms with E-state index in [4.69, 9.17) is 14.2 Å². The number of carbonyl (C=O) groups is 1. The number of esters is 1. The molecule has 0 aliphatic heterocycles. The van der Waals surface area contributed by atoms with Crippen molar-refractivity contribution in [2.45, 2.75) is 33.3 Å². The Bertz CT molecular complexity index is 580. The lowest BCUT2D eigenvalue weighted by atomic mass is 10.2. The van der Waals surface area contributed by atoms with Gasteiger partial charge in [-0.1, -0.05) is 0 Å². The van der Waals surface area contributed by atoms with Crippen molar-refractivity contribution < 1.29 is 19.0 Å². The Morgan fingerprint density at radius 3 is 2.50 bits per heavy atom. The molecule has 7 heteroatoms. The molecule has 24 heavy (non-hydrogen) atoms. The number of nitrogens with zero attached hydrogens (tertiary/aromatic N) is 1. The van der Waals surface area contributed by atoms with Crippen LogP contribution in [0.3, 0.4) is 0 Å². The zero-order valence-corrected chi connectivity index (χ0v) is 15.2. The molecule has 0 spiro atoms. The summed E-state index contributed by atoms with van der Waals surface area (Å²) in [5.41, 5.74) is 0.245. The third-order valence-corrected chi connectivity index (χ3v) is 2.77. The summed E-state index contributed by atoms with van der Waals surface area (Å²) in [4.78, 5) is 15.8. The first-order valence-electron chi connectivity index (χ1n) is 7.79. The van der Waals surface area contributed by atoms with E-state index in [1.54, 1.807) is 20.2 Å². The van der Waals surface area contributed by atoms with Gasteiger partial charge in [0.25, 0.3) is 0 Å². The zero-order valence-electron chi connectivity index (χ0n) is 15.2. The summed E-state index contributed by atoms with van der Waals surface area (Å²) in [6, 6.07) is 5.44. The van der Waals surface area contributed by atoms with Gasteiger partial charge in [0.15, 0.2) is 17.5 Å². The first-order chi connectivity index (χ1) is 11.3. The molecular weight excluding hydrogens is 310 g/mol. The number of ether oxygens (including phenoxy) is 3. The van der Waals surface area contributed by atoms with Crippen molar-refractivity contribution in [2.24, 2.45) is 4.99 Å². The van der Waals surface area contributed by atoms with E-state index in [1.807, 2.05) is 39.8 Å². The Hall–Kier alpha value is -2.44. The van der Waals surface area contributed by atoms with Crippen LogP contribution in [-0.2, 0) is 9.53 Å². The van der Waals surface area contributed by atoms with Gasteiger partial charge in [-0.15, -0.1) is 0 Å². The van der Waals surface area contributed by atoms with Crippen LogP contribution in [0.4, 0.5) is 5.69 Å². The minimum Gasteiger partial charge on any atom is -0.493 e. The maximum Gasteiger partial charge on any atom is 0.325 e. The Morgan fingerprint density at radius 1 is 1.25 bits per heavy atom. The van der Waals surface area contributed by atoms with Crippen molar-refractivity contribution in [3.8, 4) is 11.5 Å². The topological polar surface area (TPSA) is 81.2 Å². The lowest BCUT2D eigenvalue weighted by molar-refractivity contribution is -0.153. The molecule has 2 N–H and O–H groups in total. The van der Waals surface area contributed by atoms with E-state index in [0.717, 1.165) is 5.69 Å². The molecule has 0 heterocycles. The zero-order chi connectivity index (χ0) is 18.2. The van der Waals surface area contributed by atoms with Gasteiger partial charge in [-0.05, 0) is 39.8 Å². The highest BCUT2D eigenvalue weighted by Crippen LogP contribution is 2.30. The molecule has 0 aliphatic carbocycles. The molecule has 0 radical (unpaired) electrons. The fourth-order valence-corrected chi connectivity index (χ4v) is 1.87. The third-order valence-electron chi connectivity index (χ3n) is 2.77. The van der Waals surface area contributed by atoms with Crippen LogP contribution in [0, 0.1) is 0 Å². The van der Waals surface area contributed by atoms with Gasteiger partial charge in [0, 0.05) is 18.8 Å². The van der Waals surface area contributed by atoms with Gasteiger partial charge in [0.05, 0.1) is 13.7 Å². The molecule has 1 rings (SSSR count). The summed E-state index contributed by atoms with van der Waals surface area (Å²) in [6.45, 7) is 7.93. The molecule has 0 fully saturated rings. The summed E-state index contributed by atoms with van der Waals surface area (Å²) in [7, 11) is 3.21. The van der Waals surface area contributed by atoms with Gasteiger partial charge in [-0.2, -0.15) is 0 Å². The Morgan fingerprint density at radius 2 is 1.96 bits per heavy atom. The van der Waals surface area contributed by atoms with E-state index in [-0.39, 0.29) is 12.5 Å². The van der Waals surface area contributed by atoms with Crippen LogP contribution >= 0.6 is 0 Å². The lowest BCUT2D eigenvalue weighted by Gasteiger charge is -2.20. The second-order valence-corrected chi connectivity index (χ2v) is 5.94. The minimum atomic E-state index is -0.516. The highest BCUT2D eigenvalue weighted by molar-refractivity contribution is 5.95. The smallest absolute Gasteiger partial charge is 0.325 e. The van der Waals surface area contributed by atoms with Gasteiger partial charge in [-0.3, -0.25) is 9.79 Å². The predicted octanol–water partition coefficient (Wildman–Crippen LogP) is 2.42. The van der Waals surface area contributed by atoms with Gasteiger partial charge in [-0.25, -0.2) is 0 Å². The van der Waals surface area contributed by atoms with Gasteiger partial charge >= 0.3 is 5.97 Å². The standard InChI is InChI=1S/C17H27N3O4/c1-7-23-14-10-12(8-9-13(14)22-6)20-16(18-5)19-11-15(21)24-17(2,3)4/h8-10H,7,11H2,1-6H3,(H2,18,19,20). The van der Waals surface area contributed by atoms with Crippen LogP contribution in [0.2, 0.25) is 0 Å². The van der Waals surface area contributed by atoms with Crippen molar-refractivity contribution in [1.29, 1.82) is 0 Å². The van der Waals surface area contributed by atoms with Crippen LogP contribution in [0.15, 0.2) is 23.2 Å². The summed E-state index contributed by atoms with van der Waals surface area (Å²) < 4.78 is 16.0. The largest absolute Gasteiger partial charge is 0.493 e. The number of anilines is 1. The molecule has 0 unspecified atom stereocenters. The van der Waals surface area contributed by atoms with Crippen molar-refractivity contribution in [2.75, 3.05) is 32.6 Å². The molecule has 0 aromatic heterocycles. The molecule has 134 valence electrons. The molecule has 0 saturated heterocycles. The van der Waals surface area contributed by atoms with E-state index in [2.05, 4.69) is 15.6 Å². The average Bonchev–Trinajstić information content (AvgIpc) is 2.50. The normalized spacial score (nSPS) is 11.7. The number of nitrogens with one attached hydrogen (secondary N) is 2. The predicted molar refractivity (Wildman–Crippen MR) is 95.0 cm³/mol. The molecule has 1 aromatic carbocycles. The van der Waals surface area contributed by atoms with Crippen LogP contribution in [0.1, 0.15) is 27.7 Å². The maximum atomic E-state index is 11.8. The number of carbonyl (C=O) groups excluding carboxylic acids is 1. The van der Waals surface area contributed by atoms with E-state index in [9.17, 15) is 4.79 Å².